The lowest BCUT2D eigenvalue weighted by Gasteiger charge is -2.35. The number of benzene rings is 2. The molecule has 152 valence electrons. The van der Waals surface area contributed by atoms with Crippen LogP contribution in [0.5, 0.6) is 5.75 Å². The van der Waals surface area contributed by atoms with E-state index in [1.165, 1.54) is 6.92 Å². The molecule has 1 saturated heterocycles. The number of rotatable bonds is 4. The van der Waals surface area contributed by atoms with Crippen LogP contribution in [0.2, 0.25) is 0 Å². The molecule has 0 aromatic heterocycles. The van der Waals surface area contributed by atoms with Gasteiger partial charge >= 0.3 is 5.97 Å². The second kappa shape index (κ2) is 8.77. The van der Waals surface area contributed by atoms with Gasteiger partial charge in [-0.05, 0) is 42.5 Å². The van der Waals surface area contributed by atoms with Gasteiger partial charge in [0.1, 0.15) is 5.75 Å². The summed E-state index contributed by atoms with van der Waals surface area (Å²) in [5.41, 5.74) is 2.14. The van der Waals surface area contributed by atoms with Gasteiger partial charge in [-0.3, -0.25) is 14.4 Å². The topological polar surface area (TPSA) is 70.2 Å². The van der Waals surface area contributed by atoms with Gasteiger partial charge in [0.15, 0.2) is 0 Å². The number of hydrogen-bond donors (Lipinski definition) is 0. The maximum atomic E-state index is 12.8. The monoisotopic (exact) mass is 395 g/mol. The highest BCUT2D eigenvalue weighted by atomic mass is 16.5. The Bertz CT molecular complexity index is 901. The molecule has 3 rings (SSSR count). The van der Waals surface area contributed by atoms with Crippen molar-refractivity contribution in [1.29, 1.82) is 0 Å². The SMILES string of the molecule is CC(=O)Oc1cccc(C(=O)N2CCN(C(=O)c3ccc(N(C)C)cc3)CC2)c1. The van der Waals surface area contributed by atoms with Crippen LogP contribution in [0.3, 0.4) is 0 Å². The van der Waals surface area contributed by atoms with Crippen LogP contribution in [0.15, 0.2) is 48.5 Å². The van der Waals surface area contributed by atoms with E-state index in [0.29, 0.717) is 43.1 Å². The minimum Gasteiger partial charge on any atom is -0.427 e. The van der Waals surface area contributed by atoms with Crippen LogP contribution in [-0.4, -0.2) is 67.9 Å². The summed E-state index contributed by atoms with van der Waals surface area (Å²) in [5, 5.41) is 0. The smallest absolute Gasteiger partial charge is 0.308 e. The van der Waals surface area contributed by atoms with Crippen LogP contribution in [0.25, 0.3) is 0 Å². The number of esters is 1. The van der Waals surface area contributed by atoms with Gasteiger partial charge < -0.3 is 19.4 Å². The first-order valence-corrected chi connectivity index (χ1v) is 9.49. The average molecular weight is 395 g/mol. The van der Waals surface area contributed by atoms with E-state index in [9.17, 15) is 14.4 Å². The van der Waals surface area contributed by atoms with Crippen LogP contribution < -0.4 is 9.64 Å². The lowest BCUT2D eigenvalue weighted by molar-refractivity contribution is -0.131. The third-order valence-electron chi connectivity index (χ3n) is 4.83. The van der Waals surface area contributed by atoms with Gasteiger partial charge in [-0.25, -0.2) is 0 Å². The van der Waals surface area contributed by atoms with Crippen molar-refractivity contribution in [3.8, 4) is 5.75 Å². The molecule has 0 aliphatic carbocycles. The number of anilines is 1. The van der Waals surface area contributed by atoms with Crippen molar-refractivity contribution in [2.45, 2.75) is 6.92 Å². The molecule has 29 heavy (non-hydrogen) atoms. The Morgan fingerprint density at radius 1 is 0.828 bits per heavy atom. The fraction of sp³-hybridized carbons (Fsp3) is 0.318. The molecule has 1 fully saturated rings. The van der Waals surface area contributed by atoms with Gasteiger partial charge in [-0.2, -0.15) is 0 Å². The Morgan fingerprint density at radius 3 is 1.90 bits per heavy atom. The zero-order valence-electron chi connectivity index (χ0n) is 16.9. The molecule has 0 spiro atoms. The van der Waals surface area contributed by atoms with Crippen LogP contribution in [0.4, 0.5) is 5.69 Å². The predicted octanol–water partition coefficient (Wildman–Crippen LogP) is 2.28. The molecule has 0 saturated carbocycles. The number of ether oxygens (including phenoxy) is 1. The van der Waals surface area contributed by atoms with Gasteiger partial charge in [-0.15, -0.1) is 0 Å². The molecule has 7 nitrogen and oxygen atoms in total. The van der Waals surface area contributed by atoms with Gasteiger partial charge in [-0.1, -0.05) is 6.07 Å². The maximum Gasteiger partial charge on any atom is 0.308 e. The highest BCUT2D eigenvalue weighted by Crippen LogP contribution is 2.18. The molecule has 2 aromatic carbocycles. The predicted molar refractivity (Wildman–Crippen MR) is 110 cm³/mol. The molecular weight excluding hydrogens is 370 g/mol. The minimum atomic E-state index is -0.430. The number of carbonyl (C=O) groups is 3. The summed E-state index contributed by atoms with van der Waals surface area (Å²) >= 11 is 0. The summed E-state index contributed by atoms with van der Waals surface area (Å²) in [6, 6.07) is 14.1. The second-order valence-electron chi connectivity index (χ2n) is 7.15. The Morgan fingerprint density at radius 2 is 1.38 bits per heavy atom. The third-order valence-corrected chi connectivity index (χ3v) is 4.83. The molecule has 0 N–H and O–H groups in total. The first kappa shape index (κ1) is 20.4. The van der Waals surface area contributed by atoms with Crippen molar-refractivity contribution in [3.63, 3.8) is 0 Å². The standard InChI is InChI=1S/C22H25N3O4/c1-16(26)29-20-6-4-5-18(15-20)22(28)25-13-11-24(12-14-25)21(27)17-7-9-19(10-8-17)23(2)3/h4-10,15H,11-14H2,1-3H3. The van der Waals surface area contributed by atoms with Crippen LogP contribution >= 0.6 is 0 Å². The molecule has 2 amide bonds. The number of carbonyl (C=O) groups excluding carboxylic acids is 3. The number of piperazine rings is 1. The summed E-state index contributed by atoms with van der Waals surface area (Å²) in [7, 11) is 3.91. The zero-order chi connectivity index (χ0) is 21.0. The van der Waals surface area contributed by atoms with Crippen molar-refractivity contribution < 1.29 is 19.1 Å². The van der Waals surface area contributed by atoms with E-state index in [-0.39, 0.29) is 11.8 Å². The molecule has 1 aliphatic rings. The molecule has 1 aliphatic heterocycles. The molecule has 1 heterocycles. The minimum absolute atomic E-state index is 0.0285. The Balaban J connectivity index is 1.60. The molecule has 0 atom stereocenters. The third kappa shape index (κ3) is 4.93. The van der Waals surface area contributed by atoms with Gasteiger partial charge in [0, 0.05) is 64.0 Å². The van der Waals surface area contributed by atoms with Crippen molar-refractivity contribution in [3.05, 3.63) is 59.7 Å². The Hall–Kier alpha value is -3.35. The van der Waals surface area contributed by atoms with Gasteiger partial charge in [0.05, 0.1) is 0 Å². The summed E-state index contributed by atoms with van der Waals surface area (Å²) in [6.45, 7) is 3.18. The Kier molecular flexibility index (Phi) is 6.16. The molecule has 0 unspecified atom stereocenters. The van der Waals surface area contributed by atoms with E-state index in [4.69, 9.17) is 4.74 Å². The largest absolute Gasteiger partial charge is 0.427 e. The van der Waals surface area contributed by atoms with E-state index in [2.05, 4.69) is 0 Å². The highest BCUT2D eigenvalue weighted by Gasteiger charge is 2.25. The van der Waals surface area contributed by atoms with Crippen LogP contribution in [0, 0.1) is 0 Å². The van der Waals surface area contributed by atoms with Gasteiger partial charge in [0.2, 0.25) is 0 Å². The molecule has 2 aromatic rings. The highest BCUT2D eigenvalue weighted by molar-refractivity contribution is 5.96. The average Bonchev–Trinajstić information content (AvgIpc) is 2.72. The normalized spacial score (nSPS) is 13.8. The fourth-order valence-corrected chi connectivity index (χ4v) is 3.24. The first-order valence-electron chi connectivity index (χ1n) is 9.49. The molecule has 0 bridgehead atoms. The maximum absolute atomic E-state index is 12.8. The first-order chi connectivity index (χ1) is 13.8. The Labute approximate surface area is 170 Å². The van der Waals surface area contributed by atoms with E-state index in [1.54, 1.807) is 34.1 Å². The molecule has 7 heteroatoms. The molecule has 0 radical (unpaired) electrons. The van der Waals surface area contributed by atoms with E-state index < -0.39 is 5.97 Å². The summed E-state index contributed by atoms with van der Waals surface area (Å²) in [6.07, 6.45) is 0. The lowest BCUT2D eigenvalue weighted by atomic mass is 10.1. The van der Waals surface area contributed by atoms with Crippen molar-refractivity contribution >= 4 is 23.5 Å². The number of hydrogen-bond acceptors (Lipinski definition) is 5. The quantitative estimate of drug-likeness (QED) is 0.587. The van der Waals surface area contributed by atoms with E-state index in [0.717, 1.165) is 5.69 Å². The van der Waals surface area contributed by atoms with Gasteiger partial charge in [0.25, 0.3) is 11.8 Å². The molecular formula is C22H25N3O4. The van der Waals surface area contributed by atoms with E-state index >= 15 is 0 Å². The van der Waals surface area contributed by atoms with Crippen molar-refractivity contribution in [1.82, 2.24) is 9.80 Å². The lowest BCUT2D eigenvalue weighted by Crippen LogP contribution is -2.50. The van der Waals surface area contributed by atoms with Crippen LogP contribution in [0.1, 0.15) is 27.6 Å². The van der Waals surface area contributed by atoms with Crippen molar-refractivity contribution in [2.24, 2.45) is 0 Å². The summed E-state index contributed by atoms with van der Waals surface area (Å²) in [4.78, 5) is 42.1. The zero-order valence-corrected chi connectivity index (χ0v) is 16.9. The summed E-state index contributed by atoms with van der Waals surface area (Å²) in [5.74, 6) is -0.251. The summed E-state index contributed by atoms with van der Waals surface area (Å²) < 4.78 is 5.05. The van der Waals surface area contributed by atoms with E-state index in [1.807, 2.05) is 43.3 Å². The fourth-order valence-electron chi connectivity index (χ4n) is 3.24. The van der Waals surface area contributed by atoms with Crippen LogP contribution in [-0.2, 0) is 4.79 Å². The second-order valence-corrected chi connectivity index (χ2v) is 7.15. The van der Waals surface area contributed by atoms with Crippen molar-refractivity contribution in [2.75, 3.05) is 45.2 Å². The number of amides is 2. The number of nitrogens with zero attached hydrogens (tertiary/aromatic N) is 3.